The predicted molar refractivity (Wildman–Crippen MR) is 126 cm³/mol. The first-order valence-corrected chi connectivity index (χ1v) is 12.6. The van der Waals surface area contributed by atoms with E-state index in [-0.39, 0.29) is 6.04 Å². The summed E-state index contributed by atoms with van der Waals surface area (Å²) < 4.78 is 19.6. The monoisotopic (exact) mass is 480 g/mol. The Bertz CT molecular complexity index is 828. The van der Waals surface area contributed by atoms with Crippen molar-refractivity contribution in [3.05, 3.63) is 28.7 Å². The number of rotatable bonds is 7. The van der Waals surface area contributed by atoms with Crippen molar-refractivity contribution in [3.63, 3.8) is 0 Å². The van der Waals surface area contributed by atoms with Crippen LogP contribution in [-0.2, 0) is 14.4 Å². The van der Waals surface area contributed by atoms with Gasteiger partial charge < -0.3 is 10.1 Å². The number of amides is 1. The molecule has 1 aromatic rings. The van der Waals surface area contributed by atoms with Crippen LogP contribution in [0.2, 0.25) is 5.02 Å². The summed E-state index contributed by atoms with van der Waals surface area (Å²) in [5.74, 6) is -1.36. The van der Waals surface area contributed by atoms with Crippen LogP contribution < -0.4 is 10.8 Å². The van der Waals surface area contributed by atoms with E-state index in [9.17, 15) is 9.18 Å². The van der Waals surface area contributed by atoms with Gasteiger partial charge in [0.1, 0.15) is 5.82 Å². The molecule has 1 saturated carbocycles. The number of hydroxylamine groups is 1. The largest absolute Gasteiger partial charge is 0.365 e. The third-order valence-electron chi connectivity index (χ3n) is 6.68. The summed E-state index contributed by atoms with van der Waals surface area (Å²) in [4.78, 5) is 24.1. The number of nitrogens with zero attached hydrogens (tertiary/aromatic N) is 2. The molecule has 2 aliphatic heterocycles. The van der Waals surface area contributed by atoms with Crippen LogP contribution in [0.4, 0.5) is 10.2 Å². The molecule has 0 radical (unpaired) electrons. The second-order valence-electron chi connectivity index (χ2n) is 9.21. The highest BCUT2D eigenvalue weighted by molar-refractivity contribution is 6.33. The number of piperidine rings is 1. The minimum atomic E-state index is -0.986. The number of hydrogen-bond donors (Lipinski definition) is 2. The maximum absolute atomic E-state index is 14.3. The van der Waals surface area contributed by atoms with E-state index < -0.39 is 18.0 Å². The Hall–Kier alpha value is -1.74. The van der Waals surface area contributed by atoms with E-state index in [2.05, 4.69) is 20.7 Å². The Kier molecular flexibility index (Phi) is 8.95. The molecule has 2 N–H and O–H groups in total. The number of nitrogens with one attached hydrogen (secondary N) is 2. The fraction of sp³-hybridized carbons (Fsp3) is 0.667. The van der Waals surface area contributed by atoms with Gasteiger partial charge in [0.2, 0.25) is 0 Å². The lowest BCUT2D eigenvalue weighted by atomic mass is 9.92. The number of anilines is 1. The van der Waals surface area contributed by atoms with Gasteiger partial charge in [-0.25, -0.2) is 19.7 Å². The summed E-state index contributed by atoms with van der Waals surface area (Å²) >= 11 is 6.43. The van der Waals surface area contributed by atoms with Crippen molar-refractivity contribution in [3.8, 4) is 0 Å². The molecule has 182 valence electrons. The van der Waals surface area contributed by atoms with E-state index in [1.807, 2.05) is 0 Å². The van der Waals surface area contributed by atoms with Crippen molar-refractivity contribution in [2.45, 2.75) is 82.6 Å². The first kappa shape index (κ1) is 24.4. The molecular formula is C24H34ClFN4O3. The summed E-state index contributed by atoms with van der Waals surface area (Å²) in [7, 11) is 0. The molecule has 3 aliphatic rings. The van der Waals surface area contributed by atoms with E-state index in [1.165, 1.54) is 38.3 Å². The highest BCUT2D eigenvalue weighted by Gasteiger charge is 2.27. The molecule has 3 heterocycles. The van der Waals surface area contributed by atoms with E-state index in [4.69, 9.17) is 21.2 Å². The molecule has 7 nitrogen and oxygen atoms in total. The molecule has 2 atom stereocenters. The molecule has 0 bridgehead atoms. The SMILES string of the molecule is O=C(NOC1CCCCO1)/C(F)=C\c1cnc(N[C@@H]2CCCN(C3CCCCC3)C2)c(Cl)c1. The fourth-order valence-corrected chi connectivity index (χ4v) is 5.15. The minimum Gasteiger partial charge on any atom is -0.365 e. The predicted octanol–water partition coefficient (Wildman–Crippen LogP) is 4.83. The van der Waals surface area contributed by atoms with E-state index in [1.54, 1.807) is 6.07 Å². The Balaban J connectivity index is 1.30. The topological polar surface area (TPSA) is 75.7 Å². The van der Waals surface area contributed by atoms with Gasteiger partial charge >= 0.3 is 5.91 Å². The average Bonchev–Trinajstić information content (AvgIpc) is 2.85. The van der Waals surface area contributed by atoms with Crippen molar-refractivity contribution in [2.75, 3.05) is 25.0 Å². The Morgan fingerprint density at radius 3 is 2.76 bits per heavy atom. The molecule has 1 amide bonds. The molecule has 33 heavy (non-hydrogen) atoms. The molecule has 1 aromatic heterocycles. The molecule has 0 aromatic carbocycles. The lowest BCUT2D eigenvalue weighted by Gasteiger charge is -2.40. The lowest BCUT2D eigenvalue weighted by Crippen LogP contribution is -2.47. The van der Waals surface area contributed by atoms with E-state index >= 15 is 0 Å². The van der Waals surface area contributed by atoms with E-state index in [0.29, 0.717) is 35.5 Å². The van der Waals surface area contributed by atoms with E-state index in [0.717, 1.165) is 44.8 Å². The Morgan fingerprint density at radius 1 is 1.18 bits per heavy atom. The van der Waals surface area contributed by atoms with Gasteiger partial charge in [-0.05, 0) is 62.8 Å². The van der Waals surface area contributed by atoms with Crippen molar-refractivity contribution >= 4 is 29.4 Å². The van der Waals surface area contributed by atoms with Gasteiger partial charge in [-0.2, -0.15) is 0 Å². The number of carbonyl (C=O) groups excluding carboxylic acids is 1. The Labute approximate surface area is 200 Å². The zero-order valence-electron chi connectivity index (χ0n) is 19.0. The van der Waals surface area contributed by atoms with Crippen molar-refractivity contribution in [2.24, 2.45) is 0 Å². The van der Waals surface area contributed by atoms with Crippen LogP contribution in [0.25, 0.3) is 6.08 Å². The molecule has 1 unspecified atom stereocenters. The van der Waals surface area contributed by atoms with Gasteiger partial charge in [0.25, 0.3) is 0 Å². The van der Waals surface area contributed by atoms with Crippen LogP contribution in [0.3, 0.4) is 0 Å². The number of ether oxygens (including phenoxy) is 1. The zero-order valence-corrected chi connectivity index (χ0v) is 19.8. The molecule has 4 rings (SSSR count). The summed E-state index contributed by atoms with van der Waals surface area (Å²) in [5.41, 5.74) is 2.51. The second-order valence-corrected chi connectivity index (χ2v) is 9.61. The summed E-state index contributed by atoms with van der Waals surface area (Å²) in [6.45, 7) is 2.72. The second kappa shape index (κ2) is 12.1. The number of hydrogen-bond acceptors (Lipinski definition) is 6. The summed E-state index contributed by atoms with van der Waals surface area (Å²) in [6.07, 6.45) is 13.5. The summed E-state index contributed by atoms with van der Waals surface area (Å²) in [5, 5.41) is 3.87. The fourth-order valence-electron chi connectivity index (χ4n) is 4.92. The van der Waals surface area contributed by atoms with Crippen molar-refractivity contribution < 1.29 is 18.8 Å². The van der Waals surface area contributed by atoms with Gasteiger partial charge in [0.15, 0.2) is 12.1 Å². The minimum absolute atomic E-state index is 0.286. The highest BCUT2D eigenvalue weighted by atomic mass is 35.5. The van der Waals surface area contributed by atoms with Crippen LogP contribution in [0.5, 0.6) is 0 Å². The number of pyridine rings is 1. The molecule has 9 heteroatoms. The normalized spacial score (nSPS) is 25.6. The number of likely N-dealkylation sites (tertiary alicyclic amines) is 1. The number of halogens is 2. The number of carbonyl (C=O) groups is 1. The number of aromatic nitrogens is 1. The van der Waals surface area contributed by atoms with Gasteiger partial charge in [-0.3, -0.25) is 9.69 Å². The van der Waals surface area contributed by atoms with Crippen LogP contribution in [0, 0.1) is 0 Å². The quantitative estimate of drug-likeness (QED) is 0.430. The molecule has 3 fully saturated rings. The average molecular weight is 481 g/mol. The van der Waals surface area contributed by atoms with Crippen LogP contribution in [0.15, 0.2) is 18.1 Å². The van der Waals surface area contributed by atoms with Crippen molar-refractivity contribution in [1.82, 2.24) is 15.4 Å². The molecule has 1 aliphatic carbocycles. The van der Waals surface area contributed by atoms with Crippen LogP contribution in [0.1, 0.15) is 69.8 Å². The lowest BCUT2D eigenvalue weighted by molar-refractivity contribution is -0.199. The van der Waals surface area contributed by atoms with Gasteiger partial charge in [-0.15, -0.1) is 0 Å². The highest BCUT2D eigenvalue weighted by Crippen LogP contribution is 2.28. The van der Waals surface area contributed by atoms with Gasteiger partial charge in [0, 0.05) is 37.9 Å². The maximum atomic E-state index is 14.3. The molecule has 2 saturated heterocycles. The third kappa shape index (κ3) is 7.12. The third-order valence-corrected chi connectivity index (χ3v) is 6.97. The molecule has 0 spiro atoms. The van der Waals surface area contributed by atoms with Crippen molar-refractivity contribution in [1.29, 1.82) is 0 Å². The first-order chi connectivity index (χ1) is 16.1. The molecular weight excluding hydrogens is 447 g/mol. The smallest absolute Gasteiger partial charge is 0.303 e. The van der Waals surface area contributed by atoms with Crippen LogP contribution >= 0.6 is 11.6 Å². The summed E-state index contributed by atoms with van der Waals surface area (Å²) in [6, 6.07) is 2.59. The van der Waals surface area contributed by atoms with Gasteiger partial charge in [0.05, 0.1) is 5.02 Å². The Morgan fingerprint density at radius 2 is 2.00 bits per heavy atom. The zero-order chi connectivity index (χ0) is 23.0. The van der Waals surface area contributed by atoms with Crippen LogP contribution in [-0.4, -0.2) is 53.9 Å². The van der Waals surface area contributed by atoms with Gasteiger partial charge in [-0.1, -0.05) is 30.9 Å². The standard InChI is InChI=1S/C24H34ClFN4O3/c25-20-13-17(14-21(26)24(31)29-33-22-10-4-5-12-32-22)15-27-23(20)28-18-7-6-11-30(16-18)19-8-2-1-3-9-19/h13-15,18-19,22H,1-12,16H2,(H,27,28)(H,29,31)/b21-14+/t18-,22?/m1/s1. The maximum Gasteiger partial charge on any atom is 0.303 e. The first-order valence-electron chi connectivity index (χ1n) is 12.2.